The number of rotatable bonds is 4. The van der Waals surface area contributed by atoms with Gasteiger partial charge in [0, 0.05) is 30.6 Å². The largest absolute Gasteiger partial charge is 0.479 e. The number of aliphatic carboxylic acids is 1. The van der Waals surface area contributed by atoms with Crippen molar-refractivity contribution in [1.29, 1.82) is 0 Å². The summed E-state index contributed by atoms with van der Waals surface area (Å²) in [6, 6.07) is 0.821. The van der Waals surface area contributed by atoms with E-state index in [1.54, 1.807) is 30.9 Å². The van der Waals surface area contributed by atoms with Crippen molar-refractivity contribution >= 4 is 11.8 Å². The van der Waals surface area contributed by atoms with Crippen LogP contribution in [-0.2, 0) is 11.8 Å². The van der Waals surface area contributed by atoms with Gasteiger partial charge < -0.3 is 10.4 Å². The topological polar surface area (TPSA) is 92.9 Å². The van der Waals surface area contributed by atoms with Gasteiger partial charge in [0.05, 0.1) is 6.20 Å². The Morgan fingerprint density at radius 2 is 2.16 bits per heavy atom. The SMILES string of the molecule is Cc1cc(NC(C(=O)O)c2cnn(C)c2)nc(C)n1. The molecule has 0 saturated carbocycles. The number of nitrogens with zero attached hydrogens (tertiary/aromatic N) is 4. The number of nitrogens with one attached hydrogen (secondary N) is 1. The van der Waals surface area contributed by atoms with E-state index >= 15 is 0 Å². The maximum absolute atomic E-state index is 11.3. The molecule has 0 bridgehead atoms. The number of hydrogen-bond acceptors (Lipinski definition) is 5. The molecule has 2 aromatic heterocycles. The van der Waals surface area contributed by atoms with Gasteiger partial charge in [0.15, 0.2) is 6.04 Å². The lowest BCUT2D eigenvalue weighted by Gasteiger charge is -2.14. The first-order valence-electron chi connectivity index (χ1n) is 5.76. The van der Waals surface area contributed by atoms with Crippen LogP contribution in [0, 0.1) is 13.8 Å². The van der Waals surface area contributed by atoms with Crippen LogP contribution in [0.1, 0.15) is 23.1 Å². The van der Waals surface area contributed by atoms with Crippen LogP contribution in [0.5, 0.6) is 0 Å². The third kappa shape index (κ3) is 3.06. The van der Waals surface area contributed by atoms with Gasteiger partial charge in [-0.05, 0) is 13.8 Å². The minimum Gasteiger partial charge on any atom is -0.479 e. The molecule has 0 spiro atoms. The summed E-state index contributed by atoms with van der Waals surface area (Å²) in [5.74, 6) is 0.0981. The first-order valence-corrected chi connectivity index (χ1v) is 5.76. The van der Waals surface area contributed by atoms with Gasteiger partial charge in [0.1, 0.15) is 11.6 Å². The van der Waals surface area contributed by atoms with Gasteiger partial charge in [-0.2, -0.15) is 5.10 Å². The Labute approximate surface area is 110 Å². The molecule has 1 unspecified atom stereocenters. The van der Waals surface area contributed by atoms with E-state index in [9.17, 15) is 9.90 Å². The summed E-state index contributed by atoms with van der Waals surface area (Å²) in [7, 11) is 1.74. The van der Waals surface area contributed by atoms with Crippen molar-refractivity contribution in [2.75, 3.05) is 5.32 Å². The van der Waals surface area contributed by atoms with Crippen LogP contribution in [-0.4, -0.2) is 30.8 Å². The molecule has 0 aliphatic heterocycles. The molecular weight excluding hydrogens is 246 g/mol. The molecule has 2 heterocycles. The average Bonchev–Trinajstić information content (AvgIpc) is 2.70. The van der Waals surface area contributed by atoms with E-state index in [0.29, 0.717) is 17.2 Å². The van der Waals surface area contributed by atoms with Crippen LogP contribution in [0.3, 0.4) is 0 Å². The van der Waals surface area contributed by atoms with Crippen LogP contribution in [0.2, 0.25) is 0 Å². The zero-order valence-corrected chi connectivity index (χ0v) is 11.0. The zero-order valence-electron chi connectivity index (χ0n) is 11.0. The predicted molar refractivity (Wildman–Crippen MR) is 68.7 cm³/mol. The van der Waals surface area contributed by atoms with Crippen molar-refractivity contribution in [3.8, 4) is 0 Å². The summed E-state index contributed by atoms with van der Waals surface area (Å²) < 4.78 is 1.56. The molecule has 100 valence electrons. The fourth-order valence-corrected chi connectivity index (χ4v) is 1.82. The number of carboxylic acid groups (broad SMARTS) is 1. The van der Waals surface area contributed by atoms with Crippen LogP contribution < -0.4 is 5.32 Å². The second-order valence-electron chi connectivity index (χ2n) is 4.30. The highest BCUT2D eigenvalue weighted by molar-refractivity contribution is 5.78. The van der Waals surface area contributed by atoms with E-state index in [2.05, 4.69) is 20.4 Å². The van der Waals surface area contributed by atoms with Crippen molar-refractivity contribution in [1.82, 2.24) is 19.7 Å². The van der Waals surface area contributed by atoms with Crippen molar-refractivity contribution in [3.63, 3.8) is 0 Å². The minimum atomic E-state index is -0.984. The third-order valence-electron chi connectivity index (χ3n) is 2.56. The Bertz CT molecular complexity index is 588. The predicted octanol–water partition coefficient (Wildman–Crippen LogP) is 1.06. The van der Waals surface area contributed by atoms with Gasteiger partial charge in [-0.15, -0.1) is 0 Å². The smallest absolute Gasteiger partial charge is 0.330 e. The molecule has 7 heteroatoms. The Kier molecular flexibility index (Phi) is 3.46. The second kappa shape index (κ2) is 5.05. The molecule has 0 aliphatic carbocycles. The van der Waals surface area contributed by atoms with E-state index in [0.717, 1.165) is 5.69 Å². The average molecular weight is 261 g/mol. The monoisotopic (exact) mass is 261 g/mol. The first-order chi connectivity index (χ1) is 8.95. The summed E-state index contributed by atoms with van der Waals surface area (Å²) in [6.07, 6.45) is 3.18. The second-order valence-corrected chi connectivity index (χ2v) is 4.30. The van der Waals surface area contributed by atoms with Crippen molar-refractivity contribution in [2.24, 2.45) is 7.05 Å². The Hall–Kier alpha value is -2.44. The van der Waals surface area contributed by atoms with E-state index in [1.807, 2.05) is 6.92 Å². The fraction of sp³-hybridized carbons (Fsp3) is 0.333. The highest BCUT2D eigenvalue weighted by Gasteiger charge is 2.21. The molecule has 0 aliphatic rings. The van der Waals surface area contributed by atoms with Crippen molar-refractivity contribution < 1.29 is 9.90 Å². The molecule has 0 saturated heterocycles. The van der Waals surface area contributed by atoms with Crippen LogP contribution in [0.4, 0.5) is 5.82 Å². The van der Waals surface area contributed by atoms with E-state index in [1.165, 1.54) is 6.20 Å². The van der Waals surface area contributed by atoms with Gasteiger partial charge in [-0.1, -0.05) is 0 Å². The summed E-state index contributed by atoms with van der Waals surface area (Å²) in [6.45, 7) is 3.59. The van der Waals surface area contributed by atoms with Gasteiger partial charge in [0.2, 0.25) is 0 Å². The lowest BCUT2D eigenvalue weighted by atomic mass is 10.1. The third-order valence-corrected chi connectivity index (χ3v) is 2.56. The van der Waals surface area contributed by atoms with Gasteiger partial charge >= 0.3 is 5.97 Å². The number of aromatic nitrogens is 4. The number of hydrogen-bond donors (Lipinski definition) is 2. The highest BCUT2D eigenvalue weighted by atomic mass is 16.4. The van der Waals surface area contributed by atoms with E-state index in [-0.39, 0.29) is 0 Å². The molecule has 0 amide bonds. The summed E-state index contributed by atoms with van der Waals surface area (Å²) in [5.41, 5.74) is 1.36. The maximum atomic E-state index is 11.3. The molecule has 19 heavy (non-hydrogen) atoms. The van der Waals surface area contributed by atoms with Crippen LogP contribution in [0.15, 0.2) is 18.5 Å². The summed E-state index contributed by atoms with van der Waals surface area (Å²) in [4.78, 5) is 19.7. The van der Waals surface area contributed by atoms with Crippen LogP contribution in [0.25, 0.3) is 0 Å². The number of anilines is 1. The van der Waals surface area contributed by atoms with E-state index < -0.39 is 12.0 Å². The minimum absolute atomic E-state index is 0.487. The molecule has 2 N–H and O–H groups in total. The molecule has 0 aromatic carbocycles. The lowest BCUT2D eigenvalue weighted by Crippen LogP contribution is -2.21. The molecule has 7 nitrogen and oxygen atoms in total. The van der Waals surface area contributed by atoms with Crippen LogP contribution >= 0.6 is 0 Å². The fourth-order valence-electron chi connectivity index (χ4n) is 1.82. The van der Waals surface area contributed by atoms with Crippen molar-refractivity contribution in [3.05, 3.63) is 35.5 Å². The maximum Gasteiger partial charge on any atom is 0.330 e. The Morgan fingerprint density at radius 1 is 1.42 bits per heavy atom. The van der Waals surface area contributed by atoms with Gasteiger partial charge in [-0.3, -0.25) is 4.68 Å². The molecule has 0 radical (unpaired) electrons. The molecular formula is C12H15N5O2. The molecule has 1 atom stereocenters. The number of aryl methyl sites for hydroxylation is 3. The van der Waals surface area contributed by atoms with E-state index in [4.69, 9.17) is 0 Å². The normalized spacial score (nSPS) is 12.2. The standard InChI is InChI=1S/C12H15N5O2/c1-7-4-10(15-8(2)14-7)16-11(12(18)19)9-5-13-17(3)6-9/h4-6,11H,1-3H3,(H,18,19)(H,14,15,16). The van der Waals surface area contributed by atoms with Crippen molar-refractivity contribution in [2.45, 2.75) is 19.9 Å². The summed E-state index contributed by atoms with van der Waals surface area (Å²) >= 11 is 0. The molecule has 2 rings (SSSR count). The molecule has 0 fully saturated rings. The first kappa shape index (κ1) is 13.0. The Morgan fingerprint density at radius 3 is 2.68 bits per heavy atom. The molecule has 2 aromatic rings. The van der Waals surface area contributed by atoms with Gasteiger partial charge in [-0.25, -0.2) is 14.8 Å². The zero-order chi connectivity index (χ0) is 14.0. The van der Waals surface area contributed by atoms with Gasteiger partial charge in [0.25, 0.3) is 0 Å². The number of carbonyl (C=O) groups is 1. The Balaban J connectivity index is 2.29. The highest BCUT2D eigenvalue weighted by Crippen LogP contribution is 2.18. The quantitative estimate of drug-likeness (QED) is 0.855. The summed E-state index contributed by atoms with van der Waals surface area (Å²) in [5, 5.41) is 16.2. The number of carboxylic acids is 1. The lowest BCUT2D eigenvalue weighted by molar-refractivity contribution is -0.138.